The summed E-state index contributed by atoms with van der Waals surface area (Å²) in [5.74, 6) is 0.218. The molecule has 2 aromatic rings. The van der Waals surface area contributed by atoms with Gasteiger partial charge in [-0.05, 0) is 18.2 Å². The van der Waals surface area contributed by atoms with E-state index >= 15 is 0 Å². The van der Waals surface area contributed by atoms with Crippen molar-refractivity contribution in [3.63, 3.8) is 0 Å². The van der Waals surface area contributed by atoms with Gasteiger partial charge in [0.05, 0.1) is 22.1 Å². The van der Waals surface area contributed by atoms with Crippen LogP contribution in [0.4, 0.5) is 5.69 Å². The van der Waals surface area contributed by atoms with Crippen LogP contribution >= 0.6 is 11.6 Å². The molecule has 0 heterocycles. The average molecular weight is 321 g/mol. The second kappa shape index (κ2) is 7.42. The number of nitro groups is 1. The molecule has 114 valence electrons. The molecule has 0 aliphatic rings. The minimum absolute atomic E-state index is 0.0653. The third kappa shape index (κ3) is 4.20. The molecule has 0 fully saturated rings. The van der Waals surface area contributed by atoms with Crippen molar-refractivity contribution in [1.82, 2.24) is 5.32 Å². The monoisotopic (exact) mass is 320 g/mol. The Morgan fingerprint density at radius 1 is 1.23 bits per heavy atom. The number of amides is 1. The summed E-state index contributed by atoms with van der Waals surface area (Å²) in [5.41, 5.74) is -0.120. The molecule has 0 saturated heterocycles. The van der Waals surface area contributed by atoms with Crippen molar-refractivity contribution in [2.24, 2.45) is 0 Å². The van der Waals surface area contributed by atoms with Gasteiger partial charge in [0.1, 0.15) is 12.4 Å². The van der Waals surface area contributed by atoms with Crippen molar-refractivity contribution < 1.29 is 14.5 Å². The highest BCUT2D eigenvalue weighted by Gasteiger charge is 2.15. The molecule has 0 unspecified atom stereocenters. The van der Waals surface area contributed by atoms with Crippen LogP contribution in [0.15, 0.2) is 48.5 Å². The number of rotatable bonds is 6. The molecule has 1 N–H and O–H groups in total. The molecule has 0 radical (unpaired) electrons. The third-order valence-corrected chi connectivity index (χ3v) is 3.13. The van der Waals surface area contributed by atoms with E-state index < -0.39 is 10.8 Å². The summed E-state index contributed by atoms with van der Waals surface area (Å²) in [7, 11) is 0. The van der Waals surface area contributed by atoms with E-state index in [-0.39, 0.29) is 29.4 Å². The average Bonchev–Trinajstić information content (AvgIpc) is 2.52. The lowest BCUT2D eigenvalue weighted by molar-refractivity contribution is -0.384. The summed E-state index contributed by atoms with van der Waals surface area (Å²) in [4.78, 5) is 22.1. The molecule has 0 aromatic heterocycles. The van der Waals surface area contributed by atoms with Crippen molar-refractivity contribution in [1.29, 1.82) is 0 Å². The summed E-state index contributed by atoms with van der Waals surface area (Å²) in [6.45, 7) is 0.537. The first-order chi connectivity index (χ1) is 10.6. The maximum Gasteiger partial charge on any atom is 0.270 e. The number of hydrogen-bond acceptors (Lipinski definition) is 4. The molecular formula is C15H13ClN2O4. The van der Waals surface area contributed by atoms with Gasteiger partial charge in [-0.2, -0.15) is 0 Å². The van der Waals surface area contributed by atoms with Crippen molar-refractivity contribution in [3.8, 4) is 5.75 Å². The smallest absolute Gasteiger partial charge is 0.270 e. The molecule has 2 aromatic carbocycles. The van der Waals surface area contributed by atoms with E-state index in [0.717, 1.165) is 6.07 Å². The molecule has 1 amide bonds. The molecule has 22 heavy (non-hydrogen) atoms. The number of halogens is 1. The molecule has 7 heteroatoms. The number of non-ortho nitro benzene ring substituents is 1. The van der Waals surface area contributed by atoms with Gasteiger partial charge in [-0.25, -0.2) is 0 Å². The Hall–Kier alpha value is -2.60. The fourth-order valence-corrected chi connectivity index (χ4v) is 1.95. The molecule has 2 rings (SSSR count). The van der Waals surface area contributed by atoms with Crippen LogP contribution in [0.1, 0.15) is 10.4 Å². The van der Waals surface area contributed by atoms with Crippen LogP contribution in [0.25, 0.3) is 0 Å². The summed E-state index contributed by atoms with van der Waals surface area (Å²) < 4.78 is 5.43. The first-order valence-electron chi connectivity index (χ1n) is 6.48. The summed E-state index contributed by atoms with van der Waals surface area (Å²) in [6.07, 6.45) is 0. The lowest BCUT2D eigenvalue weighted by atomic mass is 10.2. The van der Waals surface area contributed by atoms with E-state index in [1.165, 1.54) is 12.1 Å². The molecule has 0 aliphatic heterocycles. The molecule has 0 aliphatic carbocycles. The first-order valence-corrected chi connectivity index (χ1v) is 6.85. The maximum absolute atomic E-state index is 12.0. The zero-order valence-corrected chi connectivity index (χ0v) is 12.2. The van der Waals surface area contributed by atoms with Crippen LogP contribution in [0.2, 0.25) is 5.02 Å². The number of para-hydroxylation sites is 1. The Morgan fingerprint density at radius 3 is 2.64 bits per heavy atom. The number of hydrogen-bond donors (Lipinski definition) is 1. The zero-order chi connectivity index (χ0) is 15.9. The van der Waals surface area contributed by atoms with Crippen LogP contribution in [-0.4, -0.2) is 24.0 Å². The number of nitrogens with one attached hydrogen (secondary N) is 1. The van der Waals surface area contributed by atoms with E-state index in [1.54, 1.807) is 12.1 Å². The quantitative estimate of drug-likeness (QED) is 0.504. The van der Waals surface area contributed by atoms with Crippen LogP contribution in [-0.2, 0) is 0 Å². The van der Waals surface area contributed by atoms with E-state index in [1.807, 2.05) is 18.2 Å². The summed E-state index contributed by atoms with van der Waals surface area (Å²) in [6, 6.07) is 12.9. The zero-order valence-electron chi connectivity index (χ0n) is 11.5. The predicted octanol–water partition coefficient (Wildman–Crippen LogP) is 3.06. The van der Waals surface area contributed by atoms with Gasteiger partial charge in [0.2, 0.25) is 0 Å². The molecule has 0 atom stereocenters. The number of carbonyl (C=O) groups is 1. The summed E-state index contributed by atoms with van der Waals surface area (Å²) in [5, 5.41) is 13.5. The highest BCUT2D eigenvalue weighted by Crippen LogP contribution is 2.21. The van der Waals surface area contributed by atoms with Gasteiger partial charge < -0.3 is 10.1 Å². The van der Waals surface area contributed by atoms with E-state index in [9.17, 15) is 14.9 Å². The van der Waals surface area contributed by atoms with Crippen LogP contribution < -0.4 is 10.1 Å². The van der Waals surface area contributed by atoms with Gasteiger partial charge in [-0.1, -0.05) is 29.8 Å². The van der Waals surface area contributed by atoms with Crippen molar-refractivity contribution in [3.05, 3.63) is 69.2 Å². The fourth-order valence-electron chi connectivity index (χ4n) is 1.75. The van der Waals surface area contributed by atoms with Gasteiger partial charge in [0, 0.05) is 12.1 Å². The van der Waals surface area contributed by atoms with E-state index in [0.29, 0.717) is 5.75 Å². The number of carbonyl (C=O) groups excluding carboxylic acids is 1. The second-order valence-corrected chi connectivity index (χ2v) is 4.75. The van der Waals surface area contributed by atoms with Crippen molar-refractivity contribution in [2.45, 2.75) is 0 Å². The van der Waals surface area contributed by atoms with Gasteiger partial charge in [0.25, 0.3) is 11.6 Å². The minimum atomic E-state index is -0.578. The molecular weight excluding hydrogens is 308 g/mol. The molecule has 0 saturated carbocycles. The molecule has 6 nitrogen and oxygen atoms in total. The Bertz CT molecular complexity index is 676. The topological polar surface area (TPSA) is 81.5 Å². The van der Waals surface area contributed by atoms with Crippen LogP contribution in [0, 0.1) is 10.1 Å². The summed E-state index contributed by atoms with van der Waals surface area (Å²) >= 11 is 5.89. The lowest BCUT2D eigenvalue weighted by Gasteiger charge is -2.08. The standard InChI is InChI=1S/C15H13ClN2O4/c16-14-7-6-11(18(20)21)10-13(14)15(19)17-8-9-22-12-4-2-1-3-5-12/h1-7,10H,8-9H2,(H,17,19). The van der Waals surface area contributed by atoms with E-state index in [2.05, 4.69) is 5.32 Å². The maximum atomic E-state index is 12.0. The van der Waals surface area contributed by atoms with Crippen molar-refractivity contribution >= 4 is 23.2 Å². The highest BCUT2D eigenvalue weighted by molar-refractivity contribution is 6.33. The van der Waals surface area contributed by atoms with Crippen molar-refractivity contribution in [2.75, 3.05) is 13.2 Å². The predicted molar refractivity (Wildman–Crippen MR) is 82.4 cm³/mol. The van der Waals surface area contributed by atoms with Gasteiger partial charge in [-0.15, -0.1) is 0 Å². The van der Waals surface area contributed by atoms with Crippen LogP contribution in [0.5, 0.6) is 5.75 Å². The number of nitrogens with zero attached hydrogens (tertiary/aromatic N) is 1. The fraction of sp³-hybridized carbons (Fsp3) is 0.133. The largest absolute Gasteiger partial charge is 0.492 e. The Balaban J connectivity index is 1.89. The number of benzene rings is 2. The number of nitro benzene ring substituents is 1. The van der Waals surface area contributed by atoms with Crippen LogP contribution in [0.3, 0.4) is 0 Å². The number of ether oxygens (including phenoxy) is 1. The molecule has 0 spiro atoms. The second-order valence-electron chi connectivity index (χ2n) is 4.34. The normalized spacial score (nSPS) is 10.0. The van der Waals surface area contributed by atoms with Gasteiger partial charge >= 0.3 is 0 Å². The van der Waals surface area contributed by atoms with E-state index in [4.69, 9.17) is 16.3 Å². The molecule has 0 bridgehead atoms. The minimum Gasteiger partial charge on any atom is -0.492 e. The third-order valence-electron chi connectivity index (χ3n) is 2.80. The van der Waals surface area contributed by atoms with Gasteiger partial charge in [0.15, 0.2) is 0 Å². The Labute approximate surface area is 131 Å². The Kier molecular flexibility index (Phi) is 5.32. The van der Waals surface area contributed by atoms with Gasteiger partial charge in [-0.3, -0.25) is 14.9 Å². The SMILES string of the molecule is O=C(NCCOc1ccccc1)c1cc([N+](=O)[O-])ccc1Cl. The first kappa shape index (κ1) is 15.8. The lowest BCUT2D eigenvalue weighted by Crippen LogP contribution is -2.28. The Morgan fingerprint density at radius 2 is 1.95 bits per heavy atom. The highest BCUT2D eigenvalue weighted by atomic mass is 35.5.